The highest BCUT2D eigenvalue weighted by molar-refractivity contribution is 5.19. The van der Waals surface area contributed by atoms with Crippen molar-refractivity contribution in [3.05, 3.63) is 24.0 Å². The second kappa shape index (κ2) is 4.70. The quantitative estimate of drug-likeness (QED) is 0.687. The average molecular weight is 169 g/mol. The zero-order chi connectivity index (χ0) is 8.81. The summed E-state index contributed by atoms with van der Waals surface area (Å²) in [6.45, 7) is 1.67. The first kappa shape index (κ1) is 8.97. The highest BCUT2D eigenvalue weighted by Crippen LogP contribution is 2.08. The van der Waals surface area contributed by atoms with Crippen molar-refractivity contribution in [1.82, 2.24) is 4.98 Å². The Morgan fingerprint density at radius 1 is 1.50 bits per heavy atom. The van der Waals surface area contributed by atoms with E-state index in [9.17, 15) is 4.39 Å². The van der Waals surface area contributed by atoms with Crippen molar-refractivity contribution in [2.75, 3.05) is 13.3 Å². The van der Waals surface area contributed by atoms with Gasteiger partial charge in [-0.15, -0.1) is 0 Å². The van der Waals surface area contributed by atoms with Gasteiger partial charge in [0.1, 0.15) is 19.0 Å². The fourth-order valence-corrected chi connectivity index (χ4v) is 0.862. The molecule has 0 bridgehead atoms. The zero-order valence-electron chi connectivity index (χ0n) is 7.09. The van der Waals surface area contributed by atoms with Crippen LogP contribution in [0.15, 0.2) is 18.3 Å². The Balaban J connectivity index is 2.53. The van der Waals surface area contributed by atoms with Gasteiger partial charge in [-0.3, -0.25) is 4.98 Å². The third kappa shape index (κ3) is 2.49. The minimum absolute atomic E-state index is 0.104. The first-order valence-electron chi connectivity index (χ1n) is 4.00. The molecule has 2 nitrogen and oxygen atoms in total. The Morgan fingerprint density at radius 3 is 2.83 bits per heavy atom. The molecule has 66 valence electrons. The summed E-state index contributed by atoms with van der Waals surface area (Å²) in [4.78, 5) is 4.10. The molecule has 0 aliphatic heterocycles. The number of ether oxygens (including phenoxy) is 1. The van der Waals surface area contributed by atoms with E-state index < -0.39 is 6.67 Å². The van der Waals surface area contributed by atoms with Crippen LogP contribution >= 0.6 is 0 Å². The monoisotopic (exact) mass is 169 g/mol. The van der Waals surface area contributed by atoms with Crippen LogP contribution in [0.25, 0.3) is 0 Å². The maximum atomic E-state index is 11.7. The average Bonchev–Trinajstić information content (AvgIpc) is 2.15. The Labute approximate surface area is 71.4 Å². The highest BCUT2D eigenvalue weighted by Gasteiger charge is 1.93. The van der Waals surface area contributed by atoms with Gasteiger partial charge in [0.2, 0.25) is 0 Å². The summed E-state index contributed by atoms with van der Waals surface area (Å²) < 4.78 is 16.7. The van der Waals surface area contributed by atoms with Crippen LogP contribution in [0.3, 0.4) is 0 Å². The van der Waals surface area contributed by atoms with Crippen LogP contribution in [-0.4, -0.2) is 18.3 Å². The lowest BCUT2D eigenvalue weighted by molar-refractivity contribution is 0.272. The van der Waals surface area contributed by atoms with Gasteiger partial charge in [-0.05, 0) is 18.6 Å². The number of aromatic nitrogens is 1. The number of pyridine rings is 1. The molecule has 1 aromatic rings. The van der Waals surface area contributed by atoms with Crippen molar-refractivity contribution in [3.8, 4) is 5.75 Å². The predicted octanol–water partition coefficient (Wildman–Crippen LogP) is 1.99. The molecule has 0 N–H and O–H groups in total. The summed E-state index contributed by atoms with van der Waals surface area (Å²) in [5.41, 5.74) is 1.02. The Morgan fingerprint density at radius 2 is 2.33 bits per heavy atom. The van der Waals surface area contributed by atoms with E-state index in [-0.39, 0.29) is 6.61 Å². The molecular formula is C9H12FNO. The van der Waals surface area contributed by atoms with Crippen LogP contribution in [0, 0.1) is 0 Å². The minimum Gasteiger partial charge on any atom is -0.489 e. The lowest BCUT2D eigenvalue weighted by atomic mass is 10.3. The van der Waals surface area contributed by atoms with Crippen molar-refractivity contribution in [2.24, 2.45) is 0 Å². The molecule has 0 aromatic carbocycles. The van der Waals surface area contributed by atoms with Crippen molar-refractivity contribution in [1.29, 1.82) is 0 Å². The Bertz CT molecular complexity index is 222. The summed E-state index contributed by atoms with van der Waals surface area (Å²) in [5.74, 6) is 0.629. The summed E-state index contributed by atoms with van der Waals surface area (Å²) in [5, 5.41) is 0. The molecule has 0 fully saturated rings. The molecule has 0 atom stereocenters. The first-order chi connectivity index (χ1) is 5.86. The topological polar surface area (TPSA) is 22.1 Å². The zero-order valence-corrected chi connectivity index (χ0v) is 7.09. The summed E-state index contributed by atoms with van der Waals surface area (Å²) in [6.07, 6.45) is 2.53. The largest absolute Gasteiger partial charge is 0.489 e. The van der Waals surface area contributed by atoms with Crippen molar-refractivity contribution < 1.29 is 9.13 Å². The molecule has 1 aromatic heterocycles. The second-order valence-corrected chi connectivity index (χ2v) is 2.38. The molecule has 0 aliphatic rings. The molecule has 0 spiro atoms. The van der Waals surface area contributed by atoms with Gasteiger partial charge in [-0.25, -0.2) is 4.39 Å². The normalized spacial score (nSPS) is 9.83. The van der Waals surface area contributed by atoms with Crippen molar-refractivity contribution in [3.63, 3.8) is 0 Å². The molecular weight excluding hydrogens is 157 g/mol. The van der Waals surface area contributed by atoms with E-state index in [1.54, 1.807) is 6.20 Å². The summed E-state index contributed by atoms with van der Waals surface area (Å²) >= 11 is 0. The lowest BCUT2D eigenvalue weighted by Crippen LogP contribution is -1.99. The molecule has 0 unspecified atom stereocenters. The van der Waals surface area contributed by atoms with E-state index >= 15 is 0 Å². The summed E-state index contributed by atoms with van der Waals surface area (Å²) in [7, 11) is 0. The number of hydrogen-bond acceptors (Lipinski definition) is 2. The lowest BCUT2D eigenvalue weighted by Gasteiger charge is -2.02. The fourth-order valence-electron chi connectivity index (χ4n) is 0.862. The van der Waals surface area contributed by atoms with Gasteiger partial charge >= 0.3 is 0 Å². The van der Waals surface area contributed by atoms with Gasteiger partial charge < -0.3 is 4.74 Å². The molecule has 1 heterocycles. The minimum atomic E-state index is -0.463. The third-order valence-corrected chi connectivity index (χ3v) is 1.51. The molecule has 12 heavy (non-hydrogen) atoms. The van der Waals surface area contributed by atoms with Crippen LogP contribution in [0.4, 0.5) is 4.39 Å². The molecule has 0 amide bonds. The highest BCUT2D eigenvalue weighted by atomic mass is 19.1. The van der Waals surface area contributed by atoms with E-state index in [1.165, 1.54) is 0 Å². The van der Waals surface area contributed by atoms with Crippen LogP contribution < -0.4 is 4.74 Å². The number of alkyl halides is 1. The van der Waals surface area contributed by atoms with E-state index in [0.29, 0.717) is 5.75 Å². The molecule has 0 aliphatic carbocycles. The fraction of sp³-hybridized carbons (Fsp3) is 0.444. The number of rotatable bonds is 4. The van der Waals surface area contributed by atoms with Gasteiger partial charge in [0.25, 0.3) is 0 Å². The van der Waals surface area contributed by atoms with Crippen LogP contribution in [0.5, 0.6) is 5.75 Å². The summed E-state index contributed by atoms with van der Waals surface area (Å²) in [6, 6.07) is 3.69. The van der Waals surface area contributed by atoms with Gasteiger partial charge in [-0.1, -0.05) is 6.92 Å². The predicted molar refractivity (Wildman–Crippen MR) is 45.1 cm³/mol. The Hall–Kier alpha value is -1.12. The Kier molecular flexibility index (Phi) is 3.51. The SMILES string of the molecule is CCc1ccc(OCCF)cn1. The number of aryl methyl sites for hydroxylation is 1. The third-order valence-electron chi connectivity index (χ3n) is 1.51. The van der Waals surface area contributed by atoms with Gasteiger partial charge in [0.05, 0.1) is 6.20 Å². The van der Waals surface area contributed by atoms with Crippen molar-refractivity contribution in [2.45, 2.75) is 13.3 Å². The first-order valence-corrected chi connectivity index (χ1v) is 4.00. The van der Waals surface area contributed by atoms with Crippen LogP contribution in [0.1, 0.15) is 12.6 Å². The molecule has 0 saturated heterocycles. The molecule has 0 saturated carbocycles. The van der Waals surface area contributed by atoms with E-state index in [4.69, 9.17) is 4.74 Å². The smallest absolute Gasteiger partial charge is 0.137 e. The standard InChI is InChI=1S/C9H12FNO/c1-2-8-3-4-9(7-11-8)12-6-5-10/h3-4,7H,2,5-6H2,1H3. The molecule has 1 rings (SSSR count). The van der Waals surface area contributed by atoms with Crippen molar-refractivity contribution >= 4 is 0 Å². The maximum Gasteiger partial charge on any atom is 0.137 e. The van der Waals surface area contributed by atoms with Gasteiger partial charge in [0, 0.05) is 5.69 Å². The molecule has 3 heteroatoms. The number of hydrogen-bond donors (Lipinski definition) is 0. The molecule has 0 radical (unpaired) electrons. The van der Waals surface area contributed by atoms with Crippen LogP contribution in [-0.2, 0) is 6.42 Å². The van der Waals surface area contributed by atoms with Gasteiger partial charge in [-0.2, -0.15) is 0 Å². The van der Waals surface area contributed by atoms with E-state index in [0.717, 1.165) is 12.1 Å². The van der Waals surface area contributed by atoms with Gasteiger partial charge in [0.15, 0.2) is 0 Å². The maximum absolute atomic E-state index is 11.7. The van der Waals surface area contributed by atoms with E-state index in [1.807, 2.05) is 19.1 Å². The van der Waals surface area contributed by atoms with Crippen LogP contribution in [0.2, 0.25) is 0 Å². The second-order valence-electron chi connectivity index (χ2n) is 2.38. The van der Waals surface area contributed by atoms with E-state index in [2.05, 4.69) is 4.98 Å². The number of halogens is 1. The number of nitrogens with zero attached hydrogens (tertiary/aromatic N) is 1.